The van der Waals surface area contributed by atoms with Crippen molar-refractivity contribution in [3.63, 3.8) is 0 Å². The first-order chi connectivity index (χ1) is 11.3. The van der Waals surface area contributed by atoms with Gasteiger partial charge in [-0.1, -0.05) is 62.4 Å². The molecule has 0 fully saturated rings. The predicted molar refractivity (Wildman–Crippen MR) is 100 cm³/mol. The molecular weight excluding hydrogens is 296 g/mol. The lowest BCUT2D eigenvalue weighted by Crippen LogP contribution is -2.08. The van der Waals surface area contributed by atoms with E-state index in [1.54, 1.807) is 0 Å². The number of rotatable bonds is 5. The molecule has 0 unspecified atom stereocenters. The van der Waals surface area contributed by atoms with Gasteiger partial charge in [-0.05, 0) is 48.7 Å². The van der Waals surface area contributed by atoms with Crippen molar-refractivity contribution in [3.8, 4) is 0 Å². The minimum atomic E-state index is -0.0379. The van der Waals surface area contributed by atoms with Crippen LogP contribution in [0.15, 0.2) is 93.5 Å². The fourth-order valence-electron chi connectivity index (χ4n) is 2.80. The third-order valence-corrected chi connectivity index (χ3v) is 6.41. The highest BCUT2D eigenvalue weighted by Gasteiger charge is 2.30. The molecule has 0 heterocycles. The van der Waals surface area contributed by atoms with Gasteiger partial charge < -0.3 is 0 Å². The van der Waals surface area contributed by atoms with Crippen LogP contribution in [-0.4, -0.2) is 0 Å². The molecule has 0 spiro atoms. The van der Waals surface area contributed by atoms with Gasteiger partial charge in [-0.2, -0.15) is 0 Å². The monoisotopic (exact) mass is 319 g/mol. The molecule has 3 aromatic rings. The Balaban J connectivity index is 2.20. The molecule has 0 nitrogen and oxygen atoms in total. The van der Waals surface area contributed by atoms with Crippen molar-refractivity contribution < 1.29 is 0 Å². The molecular formula is C22H23S+. The van der Waals surface area contributed by atoms with Crippen LogP contribution >= 0.6 is 0 Å². The Hall–Kier alpha value is -1.99. The molecule has 0 aromatic heterocycles. The molecule has 0 saturated heterocycles. The summed E-state index contributed by atoms with van der Waals surface area (Å²) in [7, 11) is -0.0379. The summed E-state index contributed by atoms with van der Waals surface area (Å²) in [5.41, 5.74) is 2.87. The second-order valence-corrected chi connectivity index (χ2v) is 7.58. The maximum atomic E-state index is 2.42. The fourth-order valence-corrected chi connectivity index (χ4v) is 5.19. The lowest BCUT2D eigenvalue weighted by atomic mass is 10.1. The van der Waals surface area contributed by atoms with Gasteiger partial charge >= 0.3 is 0 Å². The standard InChI is InChI=1S/C22H23S/c1-3-18-15-16-19(4-2)22(17-18)23(20-11-7-5-8-12-20)21-13-9-6-10-14-21/h5-17H,3-4H2,1-2H3/q+1. The van der Waals surface area contributed by atoms with E-state index >= 15 is 0 Å². The van der Waals surface area contributed by atoms with Gasteiger partial charge in [0.15, 0.2) is 14.7 Å². The number of benzene rings is 3. The molecule has 0 aliphatic heterocycles. The maximum Gasteiger partial charge on any atom is 0.170 e. The summed E-state index contributed by atoms with van der Waals surface area (Å²) in [6, 6.07) is 28.8. The van der Waals surface area contributed by atoms with Crippen LogP contribution in [0.5, 0.6) is 0 Å². The minimum absolute atomic E-state index is 0.0379. The smallest absolute Gasteiger partial charge is 0.0619 e. The van der Waals surface area contributed by atoms with E-state index in [0.29, 0.717) is 0 Å². The topological polar surface area (TPSA) is 0 Å². The second-order valence-electron chi connectivity index (χ2n) is 5.58. The highest BCUT2D eigenvalue weighted by atomic mass is 32.2. The first-order valence-corrected chi connectivity index (χ1v) is 9.52. The Labute approximate surface area is 142 Å². The third-order valence-electron chi connectivity index (χ3n) is 4.10. The molecule has 0 N–H and O–H groups in total. The van der Waals surface area contributed by atoms with Crippen molar-refractivity contribution in [2.24, 2.45) is 0 Å². The van der Waals surface area contributed by atoms with Crippen LogP contribution in [-0.2, 0) is 23.7 Å². The lowest BCUT2D eigenvalue weighted by Gasteiger charge is -2.12. The van der Waals surface area contributed by atoms with E-state index in [1.807, 2.05) is 0 Å². The lowest BCUT2D eigenvalue weighted by molar-refractivity contribution is 1.04. The predicted octanol–water partition coefficient (Wildman–Crippen LogP) is 5.91. The molecule has 0 aliphatic rings. The van der Waals surface area contributed by atoms with Gasteiger partial charge in [-0.15, -0.1) is 0 Å². The van der Waals surface area contributed by atoms with Crippen molar-refractivity contribution >= 4 is 10.9 Å². The van der Waals surface area contributed by atoms with Gasteiger partial charge in [0.2, 0.25) is 0 Å². The zero-order valence-corrected chi connectivity index (χ0v) is 14.6. The summed E-state index contributed by atoms with van der Waals surface area (Å²) in [5.74, 6) is 0. The highest BCUT2D eigenvalue weighted by Crippen LogP contribution is 2.34. The van der Waals surface area contributed by atoms with Crippen LogP contribution in [0, 0.1) is 0 Å². The van der Waals surface area contributed by atoms with E-state index < -0.39 is 0 Å². The molecule has 23 heavy (non-hydrogen) atoms. The number of aryl methyl sites for hydroxylation is 2. The largest absolute Gasteiger partial charge is 0.170 e. The van der Waals surface area contributed by atoms with E-state index in [1.165, 1.54) is 25.8 Å². The first kappa shape index (κ1) is 15.9. The molecule has 116 valence electrons. The van der Waals surface area contributed by atoms with Crippen LogP contribution in [0.2, 0.25) is 0 Å². The fraction of sp³-hybridized carbons (Fsp3) is 0.182. The molecule has 0 radical (unpaired) electrons. The molecule has 0 amide bonds. The zero-order chi connectivity index (χ0) is 16.1. The van der Waals surface area contributed by atoms with Gasteiger partial charge in [0.25, 0.3) is 0 Å². The van der Waals surface area contributed by atoms with Crippen LogP contribution in [0.4, 0.5) is 0 Å². The average molecular weight is 319 g/mol. The molecule has 3 aromatic carbocycles. The van der Waals surface area contributed by atoms with E-state index in [9.17, 15) is 0 Å². The van der Waals surface area contributed by atoms with Crippen molar-refractivity contribution in [1.82, 2.24) is 0 Å². The van der Waals surface area contributed by atoms with E-state index in [4.69, 9.17) is 0 Å². The summed E-state index contributed by atoms with van der Waals surface area (Å²) in [6.07, 6.45) is 2.15. The molecule has 1 heteroatoms. The van der Waals surface area contributed by atoms with Gasteiger partial charge in [-0.25, -0.2) is 0 Å². The van der Waals surface area contributed by atoms with Crippen molar-refractivity contribution in [1.29, 1.82) is 0 Å². The molecule has 0 atom stereocenters. The molecule has 0 aliphatic carbocycles. The third kappa shape index (κ3) is 3.51. The van der Waals surface area contributed by atoms with Gasteiger partial charge in [0, 0.05) is 5.56 Å². The van der Waals surface area contributed by atoms with E-state index in [2.05, 4.69) is 92.7 Å². The van der Waals surface area contributed by atoms with Crippen molar-refractivity contribution in [2.75, 3.05) is 0 Å². The Kier molecular flexibility index (Phi) is 5.19. The normalized spacial score (nSPS) is 10.9. The highest BCUT2D eigenvalue weighted by molar-refractivity contribution is 7.97. The Morgan fingerprint density at radius 3 is 1.70 bits per heavy atom. The molecule has 3 rings (SSSR count). The Morgan fingerprint density at radius 1 is 0.652 bits per heavy atom. The van der Waals surface area contributed by atoms with Crippen LogP contribution < -0.4 is 0 Å². The molecule has 0 bridgehead atoms. The Morgan fingerprint density at radius 2 is 1.22 bits per heavy atom. The van der Waals surface area contributed by atoms with E-state index in [0.717, 1.165) is 12.8 Å². The summed E-state index contributed by atoms with van der Waals surface area (Å²) in [5, 5.41) is 0. The summed E-state index contributed by atoms with van der Waals surface area (Å²) in [6.45, 7) is 4.48. The van der Waals surface area contributed by atoms with E-state index in [-0.39, 0.29) is 10.9 Å². The van der Waals surface area contributed by atoms with Gasteiger partial charge in [0.05, 0.1) is 10.9 Å². The number of hydrogen-bond donors (Lipinski definition) is 0. The molecule has 0 saturated carbocycles. The maximum absolute atomic E-state index is 2.42. The summed E-state index contributed by atoms with van der Waals surface area (Å²) < 4.78 is 0. The quantitative estimate of drug-likeness (QED) is 0.513. The SMILES string of the molecule is CCc1ccc(CC)c([S+](c2ccccc2)c2ccccc2)c1. The number of hydrogen-bond acceptors (Lipinski definition) is 0. The van der Waals surface area contributed by atoms with Crippen molar-refractivity contribution in [2.45, 2.75) is 41.4 Å². The van der Waals surface area contributed by atoms with Gasteiger partial charge in [-0.3, -0.25) is 0 Å². The minimum Gasteiger partial charge on any atom is -0.0619 e. The Bertz CT molecular complexity index is 708. The second kappa shape index (κ2) is 7.52. The van der Waals surface area contributed by atoms with Crippen LogP contribution in [0.25, 0.3) is 0 Å². The van der Waals surface area contributed by atoms with Crippen LogP contribution in [0.3, 0.4) is 0 Å². The zero-order valence-electron chi connectivity index (χ0n) is 13.8. The summed E-state index contributed by atoms with van der Waals surface area (Å²) >= 11 is 0. The average Bonchev–Trinajstić information content (AvgIpc) is 2.63. The van der Waals surface area contributed by atoms with Gasteiger partial charge in [0.1, 0.15) is 0 Å². The first-order valence-electron chi connectivity index (χ1n) is 8.29. The van der Waals surface area contributed by atoms with Crippen molar-refractivity contribution in [3.05, 3.63) is 90.0 Å². The summed E-state index contributed by atoms with van der Waals surface area (Å²) in [4.78, 5) is 4.26. The van der Waals surface area contributed by atoms with Crippen LogP contribution in [0.1, 0.15) is 25.0 Å².